The van der Waals surface area contributed by atoms with Crippen LogP contribution in [0, 0.1) is 13.8 Å². The van der Waals surface area contributed by atoms with E-state index in [1.807, 2.05) is 37.3 Å². The highest BCUT2D eigenvalue weighted by Crippen LogP contribution is 2.20. The second kappa shape index (κ2) is 9.73. The first-order valence-corrected chi connectivity index (χ1v) is 9.17. The molecule has 0 radical (unpaired) electrons. The van der Waals surface area contributed by atoms with Gasteiger partial charge in [-0.05, 0) is 31.4 Å². The first-order chi connectivity index (χ1) is 13.4. The van der Waals surface area contributed by atoms with Crippen molar-refractivity contribution in [3.63, 3.8) is 0 Å². The summed E-state index contributed by atoms with van der Waals surface area (Å²) < 4.78 is 9.86. The van der Waals surface area contributed by atoms with E-state index >= 15 is 0 Å². The molecule has 1 atom stereocenters. The second-order valence-corrected chi connectivity index (χ2v) is 6.51. The molecule has 1 aromatic heterocycles. The number of aromatic amines is 1. The minimum Gasteiger partial charge on any atom is -0.465 e. The largest absolute Gasteiger partial charge is 0.465 e. The van der Waals surface area contributed by atoms with Crippen molar-refractivity contribution in [3.8, 4) is 0 Å². The number of carbonyl (C=O) groups is 3. The van der Waals surface area contributed by atoms with Crippen molar-refractivity contribution >= 4 is 17.8 Å². The van der Waals surface area contributed by atoms with Gasteiger partial charge in [0.1, 0.15) is 5.69 Å². The number of hydrogen-bond acceptors (Lipinski definition) is 5. The SMILES string of the molecule is CCC[C@H](NC(=O)COC(=O)c1[nH]c(C)c(C(=O)OC)c1C)c1ccccc1. The maximum absolute atomic E-state index is 12.3. The van der Waals surface area contributed by atoms with Gasteiger partial charge in [-0.1, -0.05) is 43.7 Å². The first kappa shape index (κ1) is 21.2. The molecular formula is C21H26N2O5. The summed E-state index contributed by atoms with van der Waals surface area (Å²) in [7, 11) is 1.27. The Kier molecular flexibility index (Phi) is 7.37. The van der Waals surface area contributed by atoms with Crippen LogP contribution in [0.15, 0.2) is 30.3 Å². The van der Waals surface area contributed by atoms with Crippen LogP contribution in [0.1, 0.15) is 63.5 Å². The van der Waals surface area contributed by atoms with E-state index in [-0.39, 0.29) is 17.6 Å². The van der Waals surface area contributed by atoms with Crippen LogP contribution in [0.4, 0.5) is 0 Å². The zero-order valence-corrected chi connectivity index (χ0v) is 16.6. The van der Waals surface area contributed by atoms with Crippen LogP contribution in [0.5, 0.6) is 0 Å². The minimum absolute atomic E-state index is 0.138. The molecule has 28 heavy (non-hydrogen) atoms. The zero-order valence-electron chi connectivity index (χ0n) is 16.6. The maximum Gasteiger partial charge on any atom is 0.355 e. The van der Waals surface area contributed by atoms with Gasteiger partial charge in [-0.2, -0.15) is 0 Å². The molecule has 0 spiro atoms. The van der Waals surface area contributed by atoms with E-state index < -0.39 is 18.5 Å². The molecule has 7 heteroatoms. The van der Waals surface area contributed by atoms with Crippen molar-refractivity contribution in [1.82, 2.24) is 10.3 Å². The number of esters is 2. The smallest absolute Gasteiger partial charge is 0.355 e. The number of hydrogen-bond donors (Lipinski definition) is 2. The van der Waals surface area contributed by atoms with E-state index in [4.69, 9.17) is 9.47 Å². The van der Waals surface area contributed by atoms with E-state index in [0.717, 1.165) is 18.4 Å². The predicted molar refractivity (Wildman–Crippen MR) is 104 cm³/mol. The summed E-state index contributed by atoms with van der Waals surface area (Å²) in [6.45, 7) is 4.92. The van der Waals surface area contributed by atoms with E-state index in [2.05, 4.69) is 10.3 Å². The number of aromatic nitrogens is 1. The van der Waals surface area contributed by atoms with E-state index in [9.17, 15) is 14.4 Å². The average molecular weight is 386 g/mol. The van der Waals surface area contributed by atoms with Crippen molar-refractivity contribution in [2.45, 2.75) is 39.7 Å². The van der Waals surface area contributed by atoms with Gasteiger partial charge in [-0.3, -0.25) is 4.79 Å². The Bertz CT molecular complexity index is 842. The zero-order chi connectivity index (χ0) is 20.7. The summed E-state index contributed by atoms with van der Waals surface area (Å²) in [6, 6.07) is 9.51. The molecule has 0 fully saturated rings. The minimum atomic E-state index is -0.697. The summed E-state index contributed by atoms with van der Waals surface area (Å²) in [5.41, 5.74) is 2.38. The van der Waals surface area contributed by atoms with Crippen molar-refractivity contribution in [1.29, 1.82) is 0 Å². The number of nitrogens with one attached hydrogen (secondary N) is 2. The third-order valence-electron chi connectivity index (χ3n) is 4.48. The number of amides is 1. The van der Waals surface area contributed by atoms with Gasteiger partial charge in [0.15, 0.2) is 6.61 Å². The molecule has 7 nitrogen and oxygen atoms in total. The van der Waals surface area contributed by atoms with Gasteiger partial charge in [-0.25, -0.2) is 9.59 Å². The number of rotatable bonds is 8. The third kappa shape index (κ3) is 5.00. The highest BCUT2D eigenvalue weighted by atomic mass is 16.5. The lowest BCUT2D eigenvalue weighted by Crippen LogP contribution is -2.32. The highest BCUT2D eigenvalue weighted by molar-refractivity contribution is 5.99. The van der Waals surface area contributed by atoms with Crippen molar-refractivity contribution < 1.29 is 23.9 Å². The Morgan fingerprint density at radius 2 is 1.79 bits per heavy atom. The molecule has 0 unspecified atom stereocenters. The molecule has 0 saturated heterocycles. The van der Waals surface area contributed by atoms with E-state index in [0.29, 0.717) is 16.8 Å². The summed E-state index contributed by atoms with van der Waals surface area (Å²) in [5.74, 6) is -1.62. The number of benzene rings is 1. The van der Waals surface area contributed by atoms with Crippen LogP contribution in [0.3, 0.4) is 0 Å². The van der Waals surface area contributed by atoms with Crippen molar-refractivity contribution in [3.05, 3.63) is 58.4 Å². The van der Waals surface area contributed by atoms with Gasteiger partial charge in [0.25, 0.3) is 5.91 Å². The fourth-order valence-electron chi connectivity index (χ4n) is 3.10. The molecule has 1 heterocycles. The lowest BCUT2D eigenvalue weighted by Gasteiger charge is -2.18. The topological polar surface area (TPSA) is 97.5 Å². The summed E-state index contributed by atoms with van der Waals surface area (Å²) in [5, 5.41) is 2.90. The molecule has 0 aliphatic rings. The van der Waals surface area contributed by atoms with Crippen LogP contribution in [-0.2, 0) is 14.3 Å². The van der Waals surface area contributed by atoms with E-state index in [1.165, 1.54) is 7.11 Å². The fourth-order valence-corrected chi connectivity index (χ4v) is 3.10. The van der Waals surface area contributed by atoms with Gasteiger partial charge in [0, 0.05) is 5.69 Å². The van der Waals surface area contributed by atoms with Gasteiger partial charge in [0.2, 0.25) is 0 Å². The Morgan fingerprint density at radius 1 is 1.11 bits per heavy atom. The van der Waals surface area contributed by atoms with Crippen LogP contribution >= 0.6 is 0 Å². The molecule has 1 aromatic carbocycles. The lowest BCUT2D eigenvalue weighted by atomic mass is 10.0. The second-order valence-electron chi connectivity index (χ2n) is 6.51. The van der Waals surface area contributed by atoms with Crippen LogP contribution in [-0.4, -0.2) is 36.5 Å². The number of methoxy groups -OCH3 is 1. The molecule has 0 saturated carbocycles. The Morgan fingerprint density at radius 3 is 2.39 bits per heavy atom. The van der Waals surface area contributed by atoms with Crippen molar-refractivity contribution in [2.24, 2.45) is 0 Å². The third-order valence-corrected chi connectivity index (χ3v) is 4.48. The molecule has 150 valence electrons. The van der Waals surface area contributed by atoms with Crippen LogP contribution < -0.4 is 5.32 Å². The summed E-state index contributed by atoms with van der Waals surface area (Å²) in [4.78, 5) is 39.3. The molecular weight excluding hydrogens is 360 g/mol. The Labute approximate surface area is 164 Å². The van der Waals surface area contributed by atoms with Gasteiger partial charge in [0.05, 0.1) is 18.7 Å². The number of H-pyrrole nitrogens is 1. The molecule has 0 aliphatic heterocycles. The average Bonchev–Trinajstić information content (AvgIpc) is 3.00. The maximum atomic E-state index is 12.3. The lowest BCUT2D eigenvalue weighted by molar-refractivity contribution is -0.125. The number of carbonyl (C=O) groups excluding carboxylic acids is 3. The van der Waals surface area contributed by atoms with Crippen molar-refractivity contribution in [2.75, 3.05) is 13.7 Å². The van der Waals surface area contributed by atoms with Crippen LogP contribution in [0.2, 0.25) is 0 Å². The summed E-state index contributed by atoms with van der Waals surface area (Å²) >= 11 is 0. The highest BCUT2D eigenvalue weighted by Gasteiger charge is 2.24. The Balaban J connectivity index is 2.00. The van der Waals surface area contributed by atoms with E-state index in [1.54, 1.807) is 13.8 Å². The number of ether oxygens (including phenoxy) is 2. The van der Waals surface area contributed by atoms with Gasteiger partial charge < -0.3 is 19.8 Å². The standard InChI is InChI=1S/C21H26N2O5/c1-5-9-16(15-10-7-6-8-11-15)23-17(24)12-28-21(26)19-13(2)18(14(3)22-19)20(25)27-4/h6-8,10-11,16,22H,5,9,12H2,1-4H3,(H,23,24)/t16-/m0/s1. The Hall–Kier alpha value is -3.09. The molecule has 2 N–H and O–H groups in total. The fraction of sp³-hybridized carbons (Fsp3) is 0.381. The monoisotopic (exact) mass is 386 g/mol. The normalized spacial score (nSPS) is 11.6. The van der Waals surface area contributed by atoms with Gasteiger partial charge in [-0.15, -0.1) is 0 Å². The van der Waals surface area contributed by atoms with Crippen LogP contribution in [0.25, 0.3) is 0 Å². The quantitative estimate of drug-likeness (QED) is 0.679. The first-order valence-electron chi connectivity index (χ1n) is 9.17. The molecule has 2 aromatic rings. The predicted octanol–water partition coefficient (Wildman–Crippen LogP) is 3.23. The summed E-state index contributed by atoms with van der Waals surface area (Å²) in [6.07, 6.45) is 1.68. The molecule has 0 bridgehead atoms. The molecule has 2 rings (SSSR count). The van der Waals surface area contributed by atoms with Gasteiger partial charge >= 0.3 is 11.9 Å². The molecule has 0 aliphatic carbocycles. The number of aryl methyl sites for hydroxylation is 1. The molecule has 1 amide bonds.